The number of hydrogen-bond donors (Lipinski definition) is 1. The first-order valence-electron chi connectivity index (χ1n) is 13.0. The third-order valence-corrected chi connectivity index (χ3v) is 6.61. The number of fused-ring (bicyclic) bond motifs is 1. The highest BCUT2D eigenvalue weighted by atomic mass is 16.5. The molecule has 1 aliphatic rings. The molecule has 194 valence electrons. The van der Waals surface area contributed by atoms with Crippen LogP contribution in [0.4, 0.5) is 5.69 Å². The highest BCUT2D eigenvalue weighted by Crippen LogP contribution is 2.23. The van der Waals surface area contributed by atoms with Crippen molar-refractivity contribution in [2.45, 2.75) is 52.0 Å². The Labute approximate surface area is 216 Å². The average molecular weight is 504 g/mol. The van der Waals surface area contributed by atoms with Crippen molar-refractivity contribution < 1.29 is 23.9 Å². The number of aromatic nitrogens is 1. The second kappa shape index (κ2) is 12.3. The standard InChI is InChI=1S/C29H33N3O5/c1-2-3-18-37-29(36)21-12-14-22(15-13-21)30-28(35)27(34)24-19-32(25-11-7-6-10-23(24)25)20-26(33)31-16-8-4-5-9-17-31/h6-7,10-15,19H,2-5,8-9,16-18,20H2,1H3,(H,30,35). The molecule has 0 saturated carbocycles. The Morgan fingerprint density at radius 1 is 0.919 bits per heavy atom. The minimum absolute atomic E-state index is 0.0133. The lowest BCUT2D eigenvalue weighted by Crippen LogP contribution is -2.34. The van der Waals surface area contributed by atoms with Gasteiger partial charge in [-0.05, 0) is 49.6 Å². The van der Waals surface area contributed by atoms with Crippen molar-refractivity contribution in [1.82, 2.24) is 9.47 Å². The van der Waals surface area contributed by atoms with Gasteiger partial charge in [0.25, 0.3) is 11.7 Å². The number of hydrogen-bond acceptors (Lipinski definition) is 5. The lowest BCUT2D eigenvalue weighted by Gasteiger charge is -2.20. The molecule has 1 aliphatic heterocycles. The van der Waals surface area contributed by atoms with Crippen molar-refractivity contribution in [3.8, 4) is 0 Å². The van der Waals surface area contributed by atoms with Crippen LogP contribution in [-0.2, 0) is 20.9 Å². The van der Waals surface area contributed by atoms with Gasteiger partial charge in [0.15, 0.2) is 0 Å². The molecular formula is C29H33N3O5. The van der Waals surface area contributed by atoms with E-state index in [1.807, 2.05) is 24.0 Å². The number of nitrogens with zero attached hydrogens (tertiary/aromatic N) is 2. The van der Waals surface area contributed by atoms with Crippen LogP contribution in [0.1, 0.15) is 66.2 Å². The maximum Gasteiger partial charge on any atom is 0.338 e. The number of para-hydroxylation sites is 1. The van der Waals surface area contributed by atoms with Crippen molar-refractivity contribution in [2.24, 2.45) is 0 Å². The monoisotopic (exact) mass is 503 g/mol. The van der Waals surface area contributed by atoms with Gasteiger partial charge in [0.05, 0.1) is 17.7 Å². The fourth-order valence-electron chi connectivity index (χ4n) is 4.52. The molecule has 1 aromatic heterocycles. The lowest BCUT2D eigenvalue weighted by molar-refractivity contribution is -0.131. The summed E-state index contributed by atoms with van der Waals surface area (Å²) < 4.78 is 6.94. The summed E-state index contributed by atoms with van der Waals surface area (Å²) in [5, 5.41) is 3.23. The predicted molar refractivity (Wildman–Crippen MR) is 142 cm³/mol. The van der Waals surface area contributed by atoms with Gasteiger partial charge in [0.1, 0.15) is 6.54 Å². The highest BCUT2D eigenvalue weighted by Gasteiger charge is 2.24. The lowest BCUT2D eigenvalue weighted by atomic mass is 10.1. The Morgan fingerprint density at radius 2 is 1.62 bits per heavy atom. The third-order valence-electron chi connectivity index (χ3n) is 6.61. The van der Waals surface area contributed by atoms with Crippen molar-refractivity contribution in [3.63, 3.8) is 0 Å². The van der Waals surface area contributed by atoms with Gasteiger partial charge in [-0.1, -0.05) is 44.4 Å². The fourth-order valence-corrected chi connectivity index (χ4v) is 4.52. The molecule has 1 fully saturated rings. The molecule has 1 N–H and O–H groups in total. The molecule has 8 nitrogen and oxygen atoms in total. The van der Waals surface area contributed by atoms with E-state index in [0.29, 0.717) is 23.2 Å². The van der Waals surface area contributed by atoms with Crippen LogP contribution in [0, 0.1) is 0 Å². The van der Waals surface area contributed by atoms with Gasteiger partial charge in [-0.25, -0.2) is 4.79 Å². The van der Waals surface area contributed by atoms with E-state index in [9.17, 15) is 19.2 Å². The van der Waals surface area contributed by atoms with Crippen LogP contribution in [0.25, 0.3) is 10.9 Å². The third kappa shape index (κ3) is 6.44. The Bertz CT molecular complexity index is 1270. The number of nitrogens with one attached hydrogen (secondary N) is 1. The number of esters is 1. The summed E-state index contributed by atoms with van der Waals surface area (Å²) in [5.41, 5.74) is 1.74. The highest BCUT2D eigenvalue weighted by molar-refractivity contribution is 6.48. The first kappa shape index (κ1) is 26.1. The number of ether oxygens (including phenoxy) is 1. The van der Waals surface area contributed by atoms with E-state index in [1.165, 1.54) is 0 Å². The van der Waals surface area contributed by atoms with Gasteiger partial charge in [0, 0.05) is 35.9 Å². The molecule has 4 rings (SSSR count). The van der Waals surface area contributed by atoms with Gasteiger partial charge in [-0.3, -0.25) is 14.4 Å². The van der Waals surface area contributed by atoms with Crippen LogP contribution in [0.15, 0.2) is 54.7 Å². The Morgan fingerprint density at radius 3 is 2.32 bits per heavy atom. The van der Waals surface area contributed by atoms with Crippen molar-refractivity contribution in [1.29, 1.82) is 0 Å². The summed E-state index contributed by atoms with van der Waals surface area (Å²) >= 11 is 0. The van der Waals surface area contributed by atoms with Crippen LogP contribution in [0.5, 0.6) is 0 Å². The smallest absolute Gasteiger partial charge is 0.338 e. The second-order valence-electron chi connectivity index (χ2n) is 9.33. The molecule has 37 heavy (non-hydrogen) atoms. The molecule has 2 heterocycles. The number of carbonyl (C=O) groups is 4. The minimum atomic E-state index is -0.792. The molecule has 0 atom stereocenters. The number of Topliss-reactive ketones (excluding diaryl/α,β-unsaturated/α-hetero) is 1. The number of likely N-dealkylation sites (tertiary alicyclic amines) is 1. The van der Waals surface area contributed by atoms with E-state index in [0.717, 1.165) is 57.1 Å². The Balaban J connectivity index is 1.46. The maximum absolute atomic E-state index is 13.1. The van der Waals surface area contributed by atoms with Crippen LogP contribution < -0.4 is 5.32 Å². The number of rotatable bonds is 9. The Kier molecular flexibility index (Phi) is 8.72. The van der Waals surface area contributed by atoms with Gasteiger partial charge in [0.2, 0.25) is 5.91 Å². The molecule has 0 spiro atoms. The average Bonchev–Trinajstić information content (AvgIpc) is 3.06. The number of ketones is 1. The summed E-state index contributed by atoms with van der Waals surface area (Å²) in [6.45, 7) is 3.99. The summed E-state index contributed by atoms with van der Waals surface area (Å²) in [7, 11) is 0. The molecule has 3 aromatic rings. The van der Waals surface area contributed by atoms with E-state index in [-0.39, 0.29) is 18.0 Å². The first-order chi connectivity index (χ1) is 18.0. The van der Waals surface area contributed by atoms with Crippen LogP contribution in [-0.4, -0.2) is 52.7 Å². The zero-order valence-electron chi connectivity index (χ0n) is 21.2. The van der Waals surface area contributed by atoms with Crippen molar-refractivity contribution >= 4 is 40.2 Å². The maximum atomic E-state index is 13.1. The van der Waals surface area contributed by atoms with E-state index in [2.05, 4.69) is 5.32 Å². The molecule has 0 unspecified atom stereocenters. The Hall–Kier alpha value is -3.94. The van der Waals surface area contributed by atoms with Gasteiger partial charge in [-0.2, -0.15) is 0 Å². The number of amides is 2. The van der Waals surface area contributed by atoms with Gasteiger partial charge >= 0.3 is 5.97 Å². The molecule has 0 radical (unpaired) electrons. The SMILES string of the molecule is CCCCOC(=O)c1ccc(NC(=O)C(=O)c2cn(CC(=O)N3CCCCCC3)c3ccccc23)cc1. The van der Waals surface area contributed by atoms with Crippen LogP contribution >= 0.6 is 0 Å². The predicted octanol–water partition coefficient (Wildman–Crippen LogP) is 4.82. The summed E-state index contributed by atoms with van der Waals surface area (Å²) in [6.07, 6.45) is 7.60. The van der Waals surface area contributed by atoms with E-state index in [4.69, 9.17) is 4.74 Å². The number of anilines is 1. The molecule has 0 bridgehead atoms. The number of unbranched alkanes of at least 4 members (excludes halogenated alkanes) is 1. The normalized spacial score (nSPS) is 13.7. The molecule has 0 aliphatic carbocycles. The summed E-state index contributed by atoms with van der Waals surface area (Å²) in [5.74, 6) is -1.90. The first-order valence-corrected chi connectivity index (χ1v) is 13.0. The largest absolute Gasteiger partial charge is 0.462 e. The summed E-state index contributed by atoms with van der Waals surface area (Å²) in [6, 6.07) is 13.5. The van der Waals surface area contributed by atoms with E-state index in [1.54, 1.807) is 47.2 Å². The molecule has 1 saturated heterocycles. The number of benzene rings is 2. The molecular weight excluding hydrogens is 470 g/mol. The number of carbonyl (C=O) groups excluding carboxylic acids is 4. The van der Waals surface area contributed by atoms with Crippen LogP contribution in [0.2, 0.25) is 0 Å². The van der Waals surface area contributed by atoms with Crippen molar-refractivity contribution in [3.05, 3.63) is 65.9 Å². The van der Waals surface area contributed by atoms with Crippen LogP contribution in [0.3, 0.4) is 0 Å². The second-order valence-corrected chi connectivity index (χ2v) is 9.33. The molecule has 2 aromatic carbocycles. The van der Waals surface area contributed by atoms with E-state index >= 15 is 0 Å². The topological polar surface area (TPSA) is 97.7 Å². The molecule has 2 amide bonds. The summed E-state index contributed by atoms with van der Waals surface area (Å²) in [4.78, 5) is 52.9. The fraction of sp³-hybridized carbons (Fsp3) is 0.379. The van der Waals surface area contributed by atoms with Gasteiger partial charge < -0.3 is 19.5 Å². The zero-order chi connectivity index (χ0) is 26.2. The molecule has 8 heteroatoms. The zero-order valence-corrected chi connectivity index (χ0v) is 21.2. The van der Waals surface area contributed by atoms with Gasteiger partial charge in [-0.15, -0.1) is 0 Å². The van der Waals surface area contributed by atoms with E-state index < -0.39 is 17.7 Å². The quantitative estimate of drug-likeness (QED) is 0.195. The minimum Gasteiger partial charge on any atom is -0.462 e. The van der Waals surface area contributed by atoms with Crippen molar-refractivity contribution in [2.75, 3.05) is 25.0 Å².